The second-order valence-corrected chi connectivity index (χ2v) is 14.9. The number of carbonyl (C=O) groups is 3. The summed E-state index contributed by atoms with van der Waals surface area (Å²) in [5, 5.41) is 17.5. The van der Waals surface area contributed by atoms with E-state index < -0.39 is 59.5 Å². The molecule has 2 heterocycles. The molecule has 51 heavy (non-hydrogen) atoms. The molecule has 2 N–H and O–H groups in total. The predicted molar refractivity (Wildman–Crippen MR) is 186 cm³/mol. The van der Waals surface area contributed by atoms with E-state index in [4.69, 9.17) is 16.3 Å². The van der Waals surface area contributed by atoms with E-state index >= 15 is 4.39 Å². The van der Waals surface area contributed by atoms with Crippen LogP contribution in [-0.2, 0) is 15.1 Å². The van der Waals surface area contributed by atoms with Gasteiger partial charge < -0.3 is 20.1 Å². The number of carbonyl (C=O) groups excluding carboxylic acids is 3. The van der Waals surface area contributed by atoms with E-state index in [0.717, 1.165) is 17.2 Å². The maximum atomic E-state index is 16.4. The van der Waals surface area contributed by atoms with Crippen LogP contribution >= 0.6 is 11.6 Å². The van der Waals surface area contributed by atoms with E-state index in [9.17, 15) is 28.3 Å². The molecule has 0 spiro atoms. The Hall–Kier alpha value is -4.76. The van der Waals surface area contributed by atoms with Crippen LogP contribution in [0, 0.1) is 11.2 Å². The van der Waals surface area contributed by atoms with Crippen LogP contribution in [-0.4, -0.2) is 81.2 Å². The highest BCUT2D eigenvalue weighted by molar-refractivity contribution is 6.34. The van der Waals surface area contributed by atoms with Crippen LogP contribution in [0.4, 0.5) is 18.0 Å². The molecule has 1 aliphatic heterocycles. The third-order valence-corrected chi connectivity index (χ3v) is 7.91. The summed E-state index contributed by atoms with van der Waals surface area (Å²) in [5.74, 6) is -2.67. The highest BCUT2D eigenvalue weighted by Gasteiger charge is 2.56. The lowest BCUT2D eigenvalue weighted by atomic mass is 9.75. The van der Waals surface area contributed by atoms with Crippen molar-refractivity contribution in [1.29, 1.82) is 0 Å². The first kappa shape index (κ1) is 39.0. The molecule has 0 unspecified atom stereocenters. The second-order valence-electron chi connectivity index (χ2n) is 14.5. The van der Waals surface area contributed by atoms with Crippen molar-refractivity contribution in [3.05, 3.63) is 76.3 Å². The maximum Gasteiger partial charge on any atom is 0.437 e. The van der Waals surface area contributed by atoms with E-state index in [0.29, 0.717) is 4.68 Å². The fraction of sp³-hybridized carbons (Fsp3) is 0.429. The molecule has 2 atom stereocenters. The van der Waals surface area contributed by atoms with Gasteiger partial charge in [-0.25, -0.2) is 13.9 Å². The quantitative estimate of drug-likeness (QED) is 0.186. The van der Waals surface area contributed by atoms with Crippen LogP contribution < -0.4 is 5.32 Å². The number of amides is 3. The first-order valence-electron chi connectivity index (χ1n) is 15.9. The van der Waals surface area contributed by atoms with Gasteiger partial charge in [0.15, 0.2) is 0 Å². The zero-order valence-corrected chi connectivity index (χ0v) is 30.3. The number of hydrogen-bond acceptors (Lipinski definition) is 6. The van der Waals surface area contributed by atoms with Crippen LogP contribution in [0.15, 0.2) is 58.8 Å². The Kier molecular flexibility index (Phi) is 11.4. The number of benzene rings is 2. The van der Waals surface area contributed by atoms with E-state index in [1.165, 1.54) is 42.9 Å². The topological polar surface area (TPSA) is 142 Å². The zero-order valence-electron chi connectivity index (χ0n) is 29.5. The van der Waals surface area contributed by atoms with Crippen LogP contribution in [0.2, 0.25) is 5.02 Å². The number of nitrogens with one attached hydrogen (secondary N) is 1. The number of nitrogens with zero attached hydrogens (tertiary/aromatic N) is 6. The van der Waals surface area contributed by atoms with Gasteiger partial charge in [0, 0.05) is 31.4 Å². The van der Waals surface area contributed by atoms with E-state index in [1.807, 2.05) is 20.8 Å². The smallest absolute Gasteiger partial charge is 0.437 e. The second kappa shape index (κ2) is 14.8. The molecule has 274 valence electrons. The Bertz CT molecular complexity index is 1870. The fourth-order valence-corrected chi connectivity index (χ4v) is 5.86. The molecule has 12 nitrogen and oxygen atoms in total. The lowest BCUT2D eigenvalue weighted by Gasteiger charge is -2.35. The molecule has 0 bridgehead atoms. The Labute approximate surface area is 298 Å². The van der Waals surface area contributed by atoms with Crippen LogP contribution in [0.1, 0.15) is 82.0 Å². The molecular weight excluding hydrogens is 691 g/mol. The van der Waals surface area contributed by atoms with Gasteiger partial charge in [-0.2, -0.15) is 18.9 Å². The van der Waals surface area contributed by atoms with Crippen molar-refractivity contribution in [3.63, 3.8) is 0 Å². The number of rotatable bonds is 9. The van der Waals surface area contributed by atoms with E-state index in [2.05, 4.69) is 20.4 Å². The maximum absolute atomic E-state index is 16.4. The first-order valence-corrected chi connectivity index (χ1v) is 16.2. The number of aliphatic imine (C=N–C) groups is 2. The van der Waals surface area contributed by atoms with Gasteiger partial charge in [0.05, 0.1) is 35.8 Å². The summed E-state index contributed by atoms with van der Waals surface area (Å²) < 4.78 is 48.6. The number of ether oxygens (including phenoxy) is 1. The lowest BCUT2D eigenvalue weighted by Crippen LogP contribution is -2.48. The number of aliphatic hydroxyl groups excluding tert-OH is 1. The minimum atomic E-state index is -2.90. The number of aliphatic hydroxyl groups is 1. The summed E-state index contributed by atoms with van der Waals surface area (Å²) >= 11 is 6.36. The highest BCUT2D eigenvalue weighted by atomic mass is 35.5. The zero-order chi connectivity index (χ0) is 38.1. The summed E-state index contributed by atoms with van der Waals surface area (Å²) in [5.41, 5.74) is -3.00. The summed E-state index contributed by atoms with van der Waals surface area (Å²) in [6, 6.07) is 6.93. The van der Waals surface area contributed by atoms with Crippen molar-refractivity contribution in [2.45, 2.75) is 71.7 Å². The SMILES string of the molecule is CN(C)C=NC(=O)c1cc([C@@H](CO)N2C(=O)[C@@](CC(C)(C)C)(c3ccc(-c4cnn(C(F)F)c4)cc3F)NC2=NC(=O)OC(C)(C)C)ccc1Cl. The number of hydrogen-bond donors (Lipinski definition) is 2. The largest absolute Gasteiger partial charge is 0.442 e. The monoisotopic (exact) mass is 731 g/mol. The molecule has 0 aliphatic carbocycles. The minimum Gasteiger partial charge on any atom is -0.442 e. The van der Waals surface area contributed by atoms with Crippen molar-refractivity contribution in [2.75, 3.05) is 20.7 Å². The van der Waals surface area contributed by atoms with Crippen molar-refractivity contribution >= 4 is 41.8 Å². The number of aromatic nitrogens is 2. The summed E-state index contributed by atoms with van der Waals surface area (Å²) in [7, 11) is 3.35. The van der Waals surface area contributed by atoms with E-state index in [1.54, 1.807) is 39.8 Å². The standard InChI is InChI=1S/C35H41ClF3N7O5/c1-33(2,3)18-35(24-11-9-20(14-26(24)37)22-15-41-45(16-22)30(38)39)29(49)46(31(43-35)42-32(50)51-34(4,5)6)27(17-47)21-10-12-25(36)23(13-21)28(48)40-19-44(7)8/h9-16,19,27,30,47H,17-18H2,1-8H3,(H,42,43,50)/t27-,35-/m1/s1. The summed E-state index contributed by atoms with van der Waals surface area (Å²) in [6.07, 6.45) is 2.42. The Morgan fingerprint density at radius 2 is 1.80 bits per heavy atom. The Morgan fingerprint density at radius 3 is 2.35 bits per heavy atom. The highest BCUT2D eigenvalue weighted by Crippen LogP contribution is 2.44. The predicted octanol–water partition coefficient (Wildman–Crippen LogP) is 6.56. The van der Waals surface area contributed by atoms with Gasteiger partial charge in [-0.15, -0.1) is 4.99 Å². The molecule has 16 heteroatoms. The van der Waals surface area contributed by atoms with Gasteiger partial charge in [-0.1, -0.05) is 50.6 Å². The van der Waals surface area contributed by atoms with E-state index in [-0.39, 0.29) is 45.2 Å². The van der Waals surface area contributed by atoms with Crippen molar-refractivity contribution in [2.24, 2.45) is 15.4 Å². The normalized spacial score (nSPS) is 18.1. The van der Waals surface area contributed by atoms with Crippen LogP contribution in [0.5, 0.6) is 0 Å². The molecule has 1 fully saturated rings. The van der Waals surface area contributed by atoms with Crippen molar-refractivity contribution in [3.8, 4) is 11.1 Å². The van der Waals surface area contributed by atoms with Crippen LogP contribution in [0.3, 0.4) is 0 Å². The molecule has 0 saturated carbocycles. The van der Waals surface area contributed by atoms with Gasteiger partial charge in [0.2, 0.25) is 5.96 Å². The van der Waals surface area contributed by atoms with Gasteiger partial charge in [0.25, 0.3) is 11.8 Å². The number of halogens is 4. The van der Waals surface area contributed by atoms with Crippen molar-refractivity contribution < 1.29 is 37.4 Å². The number of alkyl halides is 2. The Balaban J connectivity index is 1.92. The average Bonchev–Trinajstić information content (AvgIpc) is 3.60. The lowest BCUT2D eigenvalue weighted by molar-refractivity contribution is -0.135. The van der Waals surface area contributed by atoms with Gasteiger partial charge in [-0.3, -0.25) is 14.5 Å². The third-order valence-electron chi connectivity index (χ3n) is 7.58. The fourth-order valence-electron chi connectivity index (χ4n) is 5.66. The Morgan fingerprint density at radius 1 is 1.12 bits per heavy atom. The number of guanidine groups is 1. The van der Waals surface area contributed by atoms with Gasteiger partial charge in [0.1, 0.15) is 17.0 Å². The molecular formula is C35H41ClF3N7O5. The van der Waals surface area contributed by atoms with Gasteiger partial charge in [-0.05, 0) is 61.9 Å². The molecule has 3 amide bonds. The third kappa shape index (κ3) is 8.95. The van der Waals surface area contributed by atoms with Gasteiger partial charge >= 0.3 is 12.6 Å². The first-order chi connectivity index (χ1) is 23.7. The molecule has 3 aromatic rings. The summed E-state index contributed by atoms with van der Waals surface area (Å²) in [4.78, 5) is 51.6. The average molecular weight is 732 g/mol. The molecule has 0 radical (unpaired) electrons. The minimum absolute atomic E-state index is 0.0197. The molecule has 1 saturated heterocycles. The molecule has 4 rings (SSSR count). The molecule has 1 aromatic heterocycles. The van der Waals surface area contributed by atoms with Crippen molar-refractivity contribution in [1.82, 2.24) is 24.9 Å². The van der Waals surface area contributed by atoms with Crippen LogP contribution in [0.25, 0.3) is 11.1 Å². The summed E-state index contributed by atoms with van der Waals surface area (Å²) in [6.45, 7) is 6.76. The molecule has 1 aliphatic rings. The molecule has 2 aromatic carbocycles.